The van der Waals surface area contributed by atoms with E-state index in [2.05, 4.69) is 12.7 Å². The van der Waals surface area contributed by atoms with Crippen molar-refractivity contribution in [3.8, 4) is 5.97 Å². The Hall–Kier alpha value is -0.00506. The van der Waals surface area contributed by atoms with Crippen LogP contribution in [0.5, 0.6) is 0 Å². The number of nitriles is 1. The van der Waals surface area contributed by atoms with Crippen molar-refractivity contribution in [1.29, 1.82) is 5.26 Å². The van der Waals surface area contributed by atoms with E-state index < -0.39 is 11.2 Å². The molecular formula is C29H40BCl4N3NaO2. The molecule has 0 aliphatic heterocycles. The second-order valence-electron chi connectivity index (χ2n) is 10.6. The number of nitrogens with zero attached hydrogens (tertiary/aromatic N) is 2. The average molecular weight is 638 g/mol. The summed E-state index contributed by atoms with van der Waals surface area (Å²) in [6.45, 7) is 1.38. The molecule has 0 saturated heterocycles. The Labute approximate surface area is 284 Å². The number of halogens is 4. The molecule has 40 heavy (non-hydrogen) atoms. The van der Waals surface area contributed by atoms with E-state index in [0.717, 1.165) is 62.6 Å². The van der Waals surface area contributed by atoms with Gasteiger partial charge in [0.1, 0.15) is 0 Å². The first-order valence-electron chi connectivity index (χ1n) is 13.2. The van der Waals surface area contributed by atoms with Crippen LogP contribution in [0.1, 0.15) is 63.9 Å². The molecule has 2 aromatic rings. The Morgan fingerprint density at radius 2 is 1.27 bits per heavy atom. The minimum absolute atomic E-state index is 0. The quantitative estimate of drug-likeness (QED) is 0.429. The van der Waals surface area contributed by atoms with Crippen molar-refractivity contribution in [3.63, 3.8) is 0 Å². The van der Waals surface area contributed by atoms with Crippen LogP contribution >= 0.6 is 46.4 Å². The zero-order valence-electron chi connectivity index (χ0n) is 23.6. The molecule has 2 aliphatic carbocycles. The molecule has 4 N–H and O–H groups in total. The largest absolute Gasteiger partial charge is 1.00 e. The van der Waals surface area contributed by atoms with Gasteiger partial charge in [0.2, 0.25) is 0 Å². The van der Waals surface area contributed by atoms with E-state index in [1.807, 2.05) is 32.3 Å². The molecule has 0 amide bonds. The van der Waals surface area contributed by atoms with E-state index in [4.69, 9.17) is 57.4 Å². The van der Waals surface area contributed by atoms with Gasteiger partial charge in [0.05, 0.1) is 31.3 Å². The van der Waals surface area contributed by atoms with Crippen molar-refractivity contribution in [2.75, 3.05) is 27.2 Å². The number of hydrogen-bond donors (Lipinski definition) is 3. The van der Waals surface area contributed by atoms with Gasteiger partial charge < -0.3 is 28.7 Å². The molecule has 0 aromatic heterocycles. The van der Waals surface area contributed by atoms with Crippen LogP contribution in [-0.4, -0.2) is 50.1 Å². The number of benzene rings is 2. The van der Waals surface area contributed by atoms with Crippen molar-refractivity contribution in [2.24, 2.45) is 17.6 Å². The monoisotopic (exact) mass is 636 g/mol. The van der Waals surface area contributed by atoms with Gasteiger partial charge in [-0.2, -0.15) is 0 Å². The van der Waals surface area contributed by atoms with Gasteiger partial charge in [0.25, 0.3) is 0 Å². The zero-order valence-corrected chi connectivity index (χ0v) is 28.7. The van der Waals surface area contributed by atoms with Crippen LogP contribution in [0.15, 0.2) is 36.4 Å². The summed E-state index contributed by atoms with van der Waals surface area (Å²) in [7, 11) is 8.24. The fraction of sp³-hybridized carbons (Fsp3) is 0.552. The summed E-state index contributed by atoms with van der Waals surface area (Å²) in [5.41, 5.74) is 5.87. The Morgan fingerprint density at radius 1 is 0.875 bits per heavy atom. The number of aliphatic hydroxyl groups is 2. The van der Waals surface area contributed by atoms with Crippen molar-refractivity contribution in [1.82, 2.24) is 4.90 Å². The summed E-state index contributed by atoms with van der Waals surface area (Å²) < 4.78 is 0. The summed E-state index contributed by atoms with van der Waals surface area (Å²) in [5.74, 6) is 1.60. The Bertz CT molecular complexity index is 1130. The number of nitrogens with two attached hydrogens (primary N) is 1. The van der Waals surface area contributed by atoms with Gasteiger partial charge in [0, 0.05) is 19.8 Å². The van der Waals surface area contributed by atoms with Gasteiger partial charge in [-0.3, -0.25) is 11.2 Å². The molecule has 5 nitrogen and oxygen atoms in total. The van der Waals surface area contributed by atoms with Crippen molar-refractivity contribution < 1.29 is 41.2 Å². The van der Waals surface area contributed by atoms with Gasteiger partial charge in [-0.25, -0.2) is 0 Å². The molecule has 4 unspecified atom stereocenters. The molecule has 2 fully saturated rings. The SMILES string of the molecule is CN(C)CC1CCCCC1(O)c1ccc(Cl)c(Cl)c1.NCC1CCCCC1(O)c1ccc(Cl)c(Cl)c1.[B-]C#N.[HH].[Na+]. The van der Waals surface area contributed by atoms with Crippen LogP contribution in [0.2, 0.25) is 20.1 Å². The summed E-state index contributed by atoms with van der Waals surface area (Å²) in [4.78, 5) is 2.14. The van der Waals surface area contributed by atoms with Gasteiger partial charge in [-0.15, -0.1) is 0 Å². The smallest absolute Gasteiger partial charge is 0.466 e. The van der Waals surface area contributed by atoms with Crippen LogP contribution in [0.3, 0.4) is 0 Å². The van der Waals surface area contributed by atoms with Crippen LogP contribution in [-0.2, 0) is 11.2 Å². The summed E-state index contributed by atoms with van der Waals surface area (Å²) in [6, 6.07) is 10.8. The summed E-state index contributed by atoms with van der Waals surface area (Å²) >= 11 is 24.0. The van der Waals surface area contributed by atoms with Crippen LogP contribution in [0.25, 0.3) is 0 Å². The maximum Gasteiger partial charge on any atom is 1.00 e. The predicted octanol–water partition coefficient (Wildman–Crippen LogP) is 4.15. The maximum atomic E-state index is 11.1. The predicted molar refractivity (Wildman–Crippen MR) is 166 cm³/mol. The van der Waals surface area contributed by atoms with Gasteiger partial charge >= 0.3 is 29.6 Å². The molecular weight excluding hydrogens is 598 g/mol. The zero-order chi connectivity index (χ0) is 29.2. The molecule has 2 saturated carbocycles. The van der Waals surface area contributed by atoms with E-state index in [1.165, 1.54) is 12.4 Å². The van der Waals surface area contributed by atoms with Crippen molar-refractivity contribution >= 4 is 54.3 Å². The van der Waals surface area contributed by atoms with Crippen LogP contribution < -0.4 is 35.3 Å². The van der Waals surface area contributed by atoms with Gasteiger partial charge in [0.15, 0.2) is 0 Å². The first-order chi connectivity index (χ1) is 18.4. The minimum Gasteiger partial charge on any atom is -0.466 e. The molecule has 2 aromatic carbocycles. The fourth-order valence-corrected chi connectivity index (χ4v) is 6.34. The Morgan fingerprint density at radius 3 is 1.65 bits per heavy atom. The maximum absolute atomic E-state index is 11.1. The van der Waals surface area contributed by atoms with Crippen molar-refractivity contribution in [3.05, 3.63) is 67.6 Å². The number of hydrogen-bond acceptors (Lipinski definition) is 5. The molecule has 4 rings (SSSR count). The third kappa shape index (κ3) is 10.0. The number of rotatable bonds is 5. The van der Waals surface area contributed by atoms with E-state index >= 15 is 0 Å². The summed E-state index contributed by atoms with van der Waals surface area (Å²) in [6.07, 6.45) is 7.94. The van der Waals surface area contributed by atoms with E-state index in [-0.39, 0.29) is 42.8 Å². The molecule has 11 heteroatoms. The molecule has 4 atom stereocenters. The van der Waals surface area contributed by atoms with Crippen LogP contribution in [0, 0.1) is 23.1 Å². The average Bonchev–Trinajstić information content (AvgIpc) is 2.89. The first-order valence-corrected chi connectivity index (χ1v) is 14.7. The van der Waals surface area contributed by atoms with E-state index in [0.29, 0.717) is 26.6 Å². The van der Waals surface area contributed by atoms with E-state index in [9.17, 15) is 10.2 Å². The molecule has 2 aliphatic rings. The van der Waals surface area contributed by atoms with Gasteiger partial charge in [-0.05, 0) is 81.7 Å². The third-order valence-electron chi connectivity index (χ3n) is 7.78. The minimum atomic E-state index is -0.846. The molecule has 0 spiro atoms. The van der Waals surface area contributed by atoms with Crippen molar-refractivity contribution in [2.45, 2.75) is 62.6 Å². The molecule has 3 radical (unpaired) electrons. The van der Waals surface area contributed by atoms with E-state index in [1.54, 1.807) is 18.2 Å². The first kappa shape index (κ1) is 38.0. The molecule has 0 heterocycles. The molecule has 215 valence electrons. The Balaban J connectivity index is 0.000000685. The third-order valence-corrected chi connectivity index (χ3v) is 9.26. The normalized spacial score (nSPS) is 25.9. The summed E-state index contributed by atoms with van der Waals surface area (Å²) in [5, 5.41) is 31.1. The topological polar surface area (TPSA) is 93.5 Å². The fourth-order valence-electron chi connectivity index (χ4n) is 5.74. The Kier molecular flexibility index (Phi) is 17.1. The van der Waals surface area contributed by atoms with Gasteiger partial charge in [-0.1, -0.05) is 84.2 Å². The second kappa shape index (κ2) is 18.0. The standard InChI is InChI=1S/C15H21Cl2NO.C13H17Cl2NO.CBN.Na.H2/c1-18(2)10-12-5-3-4-8-15(12,19)11-6-7-13(16)14(17)9-11;14-11-5-4-9(7-12(11)15)13(17)6-2-1-3-10(13)8-16;2-1-3;;/h6-7,9,12,19H,3-5,8,10H2,1-2H3;4-5,7,10,17H,1-3,6,8,16H2;;;1H/q;;-1;+1;. The second-order valence-corrected chi connectivity index (χ2v) is 12.2. The molecule has 0 bridgehead atoms. The van der Waals surface area contributed by atoms with Crippen LogP contribution in [0.4, 0.5) is 0 Å².